The molecule has 0 radical (unpaired) electrons. The summed E-state index contributed by atoms with van der Waals surface area (Å²) in [4.78, 5) is 13.0. The average Bonchev–Trinajstić information content (AvgIpc) is 2.86. The molecule has 0 unspecified atom stereocenters. The molecule has 36 heavy (non-hydrogen) atoms. The number of benzene rings is 3. The molecule has 0 aromatic heterocycles. The highest BCUT2D eigenvalue weighted by atomic mass is 35.5. The number of sulfonamides is 1. The van der Waals surface area contributed by atoms with Crippen LogP contribution in [0.4, 0.5) is 5.69 Å². The first kappa shape index (κ1) is 25.7. The van der Waals surface area contributed by atoms with Gasteiger partial charge in [-0.1, -0.05) is 29.3 Å². The molecule has 1 amide bonds. The molecule has 3 aromatic rings. The summed E-state index contributed by atoms with van der Waals surface area (Å²) < 4.78 is 45.0. The van der Waals surface area contributed by atoms with Crippen molar-refractivity contribution >= 4 is 33.2 Å². The summed E-state index contributed by atoms with van der Waals surface area (Å²) in [5, 5.41) is 3.12. The Kier molecular flexibility index (Phi) is 7.61. The van der Waals surface area contributed by atoms with Gasteiger partial charge in [0, 0.05) is 5.02 Å². The normalized spacial score (nSPS) is 15.0. The number of halogens is 1. The van der Waals surface area contributed by atoms with Gasteiger partial charge < -0.3 is 19.5 Å². The van der Waals surface area contributed by atoms with Crippen LogP contribution in [0.15, 0.2) is 65.6 Å². The number of methoxy groups -OCH3 is 1. The van der Waals surface area contributed by atoms with E-state index in [1.165, 1.54) is 25.3 Å². The average molecular weight is 531 g/mol. The van der Waals surface area contributed by atoms with Crippen molar-refractivity contribution in [2.75, 3.05) is 31.1 Å². The van der Waals surface area contributed by atoms with Gasteiger partial charge in [-0.2, -0.15) is 0 Å². The number of aryl methyl sites for hydroxylation is 2. The van der Waals surface area contributed by atoms with Crippen molar-refractivity contribution in [2.24, 2.45) is 0 Å². The standard InChI is InChI=1S/C26H27ClN2O6S/c1-17-4-10-23(18(2)14-17)34-13-12-28-26(30)25-16-29(22-15-19(27)5-11-24(22)35-25)36(31,32)21-8-6-20(33-3)7-9-21/h4-11,14-15,25H,12-13,16H2,1-3H3,(H,28,30)/t25-/m0/s1. The number of hydrogen-bond donors (Lipinski definition) is 1. The molecule has 1 atom stereocenters. The molecule has 0 saturated heterocycles. The van der Waals surface area contributed by atoms with Crippen LogP contribution < -0.4 is 23.8 Å². The van der Waals surface area contributed by atoms with Crippen LogP contribution in [0.25, 0.3) is 0 Å². The zero-order chi connectivity index (χ0) is 25.9. The monoisotopic (exact) mass is 530 g/mol. The number of nitrogens with zero attached hydrogens (tertiary/aromatic N) is 1. The van der Waals surface area contributed by atoms with Crippen molar-refractivity contribution in [3.05, 3.63) is 76.8 Å². The van der Waals surface area contributed by atoms with Crippen LogP contribution in [0, 0.1) is 13.8 Å². The van der Waals surface area contributed by atoms with Crippen LogP contribution in [-0.2, 0) is 14.8 Å². The van der Waals surface area contributed by atoms with E-state index in [2.05, 4.69) is 5.32 Å². The molecular formula is C26H27ClN2O6S. The van der Waals surface area contributed by atoms with Crippen molar-refractivity contribution in [1.29, 1.82) is 0 Å². The van der Waals surface area contributed by atoms with E-state index in [4.69, 9.17) is 25.8 Å². The van der Waals surface area contributed by atoms with E-state index in [-0.39, 0.29) is 36.0 Å². The zero-order valence-corrected chi connectivity index (χ0v) is 21.7. The molecule has 190 valence electrons. The Morgan fingerprint density at radius 2 is 1.86 bits per heavy atom. The van der Waals surface area contributed by atoms with Gasteiger partial charge in [-0.15, -0.1) is 0 Å². The quantitative estimate of drug-likeness (QED) is 0.440. The Hall–Kier alpha value is -3.43. The summed E-state index contributed by atoms with van der Waals surface area (Å²) in [6.45, 7) is 4.22. The third-order valence-electron chi connectivity index (χ3n) is 5.72. The summed E-state index contributed by atoms with van der Waals surface area (Å²) >= 11 is 6.14. The first-order valence-electron chi connectivity index (χ1n) is 11.3. The third-order valence-corrected chi connectivity index (χ3v) is 7.75. The van der Waals surface area contributed by atoms with Gasteiger partial charge in [-0.25, -0.2) is 8.42 Å². The van der Waals surface area contributed by atoms with E-state index in [0.717, 1.165) is 21.2 Å². The first-order valence-corrected chi connectivity index (χ1v) is 13.1. The second kappa shape index (κ2) is 10.7. The highest BCUT2D eigenvalue weighted by molar-refractivity contribution is 7.92. The number of ether oxygens (including phenoxy) is 3. The Labute approximate surface area is 215 Å². The molecule has 4 rings (SSSR count). The molecule has 1 aliphatic rings. The minimum Gasteiger partial charge on any atom is -0.497 e. The summed E-state index contributed by atoms with van der Waals surface area (Å²) in [6.07, 6.45) is -1.06. The van der Waals surface area contributed by atoms with Gasteiger partial charge in [0.25, 0.3) is 15.9 Å². The van der Waals surface area contributed by atoms with Crippen LogP contribution in [0.2, 0.25) is 5.02 Å². The lowest BCUT2D eigenvalue weighted by atomic mass is 10.1. The van der Waals surface area contributed by atoms with E-state index in [1.54, 1.807) is 24.3 Å². The molecule has 3 aromatic carbocycles. The number of nitrogens with one attached hydrogen (secondary N) is 1. The van der Waals surface area contributed by atoms with Gasteiger partial charge in [0.15, 0.2) is 6.10 Å². The van der Waals surface area contributed by atoms with Gasteiger partial charge in [-0.3, -0.25) is 9.10 Å². The van der Waals surface area contributed by atoms with Crippen molar-refractivity contribution in [3.63, 3.8) is 0 Å². The maximum Gasteiger partial charge on any atom is 0.264 e. The first-order chi connectivity index (χ1) is 17.2. The Morgan fingerprint density at radius 3 is 2.56 bits per heavy atom. The topological polar surface area (TPSA) is 94.2 Å². The molecule has 8 nitrogen and oxygen atoms in total. The minimum atomic E-state index is -4.02. The predicted molar refractivity (Wildman–Crippen MR) is 138 cm³/mol. The zero-order valence-electron chi connectivity index (χ0n) is 20.2. The molecule has 0 spiro atoms. The van der Waals surface area contributed by atoms with Crippen molar-refractivity contribution in [3.8, 4) is 17.2 Å². The summed E-state index contributed by atoms with van der Waals surface area (Å²) in [5.41, 5.74) is 2.41. The SMILES string of the molecule is COc1ccc(S(=O)(=O)N2C[C@@H](C(=O)NCCOc3ccc(C)cc3C)Oc3ccc(Cl)cc32)cc1. The van der Waals surface area contributed by atoms with Crippen LogP contribution >= 0.6 is 11.6 Å². The smallest absolute Gasteiger partial charge is 0.264 e. The maximum atomic E-state index is 13.5. The fourth-order valence-corrected chi connectivity index (χ4v) is 5.51. The summed E-state index contributed by atoms with van der Waals surface area (Å²) in [7, 11) is -2.52. The van der Waals surface area contributed by atoms with Crippen molar-refractivity contribution < 1.29 is 27.4 Å². The number of carbonyl (C=O) groups is 1. The maximum absolute atomic E-state index is 13.5. The lowest BCUT2D eigenvalue weighted by molar-refractivity contribution is -0.127. The number of rotatable bonds is 8. The van der Waals surface area contributed by atoms with E-state index < -0.39 is 22.0 Å². The third kappa shape index (κ3) is 5.52. The Balaban J connectivity index is 1.49. The van der Waals surface area contributed by atoms with E-state index >= 15 is 0 Å². The fraction of sp³-hybridized carbons (Fsp3) is 0.269. The largest absolute Gasteiger partial charge is 0.497 e. The predicted octanol–water partition coefficient (Wildman–Crippen LogP) is 4.12. The summed E-state index contributed by atoms with van der Waals surface area (Å²) in [5.74, 6) is 1.06. The van der Waals surface area contributed by atoms with Gasteiger partial charge in [0.2, 0.25) is 0 Å². The molecule has 0 aliphatic carbocycles. The number of anilines is 1. The molecule has 10 heteroatoms. The van der Waals surface area contributed by atoms with Crippen molar-refractivity contribution in [1.82, 2.24) is 5.32 Å². The molecule has 1 N–H and O–H groups in total. The highest BCUT2D eigenvalue weighted by Crippen LogP contribution is 2.39. The Morgan fingerprint density at radius 1 is 1.11 bits per heavy atom. The molecule has 0 bridgehead atoms. The molecule has 1 heterocycles. The van der Waals surface area contributed by atoms with Crippen LogP contribution in [-0.4, -0.2) is 47.2 Å². The fourth-order valence-electron chi connectivity index (χ4n) is 3.87. The number of amides is 1. The van der Waals surface area contributed by atoms with Crippen LogP contribution in [0.5, 0.6) is 17.2 Å². The Bertz CT molecular complexity index is 1360. The van der Waals surface area contributed by atoms with Crippen LogP contribution in [0.1, 0.15) is 11.1 Å². The second-order valence-corrected chi connectivity index (χ2v) is 10.6. The minimum absolute atomic E-state index is 0.0529. The van der Waals surface area contributed by atoms with Crippen LogP contribution in [0.3, 0.4) is 0 Å². The van der Waals surface area contributed by atoms with Gasteiger partial charge in [0.05, 0.1) is 30.8 Å². The number of fused-ring (bicyclic) bond motifs is 1. The number of carbonyl (C=O) groups excluding carboxylic acids is 1. The van der Waals surface area contributed by atoms with Crippen molar-refractivity contribution in [2.45, 2.75) is 24.8 Å². The van der Waals surface area contributed by atoms with E-state index in [1.807, 2.05) is 32.0 Å². The molecule has 1 aliphatic heterocycles. The lowest BCUT2D eigenvalue weighted by Crippen LogP contribution is -2.51. The second-order valence-electron chi connectivity index (χ2n) is 8.34. The van der Waals surface area contributed by atoms with Gasteiger partial charge in [-0.05, 0) is 67.9 Å². The summed E-state index contributed by atoms with van der Waals surface area (Å²) in [6, 6.07) is 16.5. The molecule has 0 fully saturated rings. The van der Waals surface area contributed by atoms with Gasteiger partial charge in [0.1, 0.15) is 23.9 Å². The highest BCUT2D eigenvalue weighted by Gasteiger charge is 2.37. The molecule has 0 saturated carbocycles. The van der Waals surface area contributed by atoms with E-state index in [0.29, 0.717) is 10.8 Å². The lowest BCUT2D eigenvalue weighted by Gasteiger charge is -2.34. The van der Waals surface area contributed by atoms with E-state index in [9.17, 15) is 13.2 Å². The molecular weight excluding hydrogens is 504 g/mol. The van der Waals surface area contributed by atoms with Gasteiger partial charge >= 0.3 is 0 Å². The number of hydrogen-bond acceptors (Lipinski definition) is 6.